The zero-order valence-corrected chi connectivity index (χ0v) is 12.4. The van der Waals surface area contributed by atoms with Crippen molar-refractivity contribution in [3.05, 3.63) is 36.2 Å². The fourth-order valence-electron chi connectivity index (χ4n) is 1.70. The monoisotopic (exact) mass is 289 g/mol. The maximum atomic E-state index is 5.62. The third kappa shape index (κ3) is 4.32. The highest BCUT2D eigenvalue weighted by atomic mass is 16.5. The molecule has 0 unspecified atom stereocenters. The first-order valence-electron chi connectivity index (χ1n) is 6.67. The summed E-state index contributed by atoms with van der Waals surface area (Å²) < 4.78 is 16.0. The molecule has 0 aliphatic carbocycles. The molecule has 21 heavy (non-hydrogen) atoms. The summed E-state index contributed by atoms with van der Waals surface area (Å²) in [4.78, 5) is 8.37. The van der Waals surface area contributed by atoms with Crippen molar-refractivity contribution < 1.29 is 14.2 Å². The molecule has 6 nitrogen and oxygen atoms in total. The number of aromatic nitrogens is 2. The number of ether oxygens (including phenoxy) is 3. The summed E-state index contributed by atoms with van der Waals surface area (Å²) in [6.45, 7) is 3.69. The average molecular weight is 289 g/mol. The van der Waals surface area contributed by atoms with Crippen molar-refractivity contribution in [3.8, 4) is 23.3 Å². The Morgan fingerprint density at radius 1 is 0.952 bits per heavy atom. The van der Waals surface area contributed by atoms with Crippen LogP contribution in [0.5, 0.6) is 23.3 Å². The zero-order valence-electron chi connectivity index (χ0n) is 12.4. The Morgan fingerprint density at radius 3 is 2.05 bits per heavy atom. The third-order valence-corrected chi connectivity index (χ3v) is 2.79. The summed E-state index contributed by atoms with van der Waals surface area (Å²) in [5.41, 5.74) is 1.01. The van der Waals surface area contributed by atoms with E-state index in [9.17, 15) is 0 Å². The summed E-state index contributed by atoms with van der Waals surface area (Å²) in [5, 5.41) is 3.21. The molecule has 2 aromatic rings. The van der Waals surface area contributed by atoms with Crippen molar-refractivity contribution in [1.82, 2.24) is 15.3 Å². The lowest BCUT2D eigenvalue weighted by molar-refractivity contribution is 0.382. The number of methoxy groups -OCH3 is 2. The molecular formula is C15H19N3O3. The van der Waals surface area contributed by atoms with Gasteiger partial charge in [0, 0.05) is 42.7 Å². The highest BCUT2D eigenvalue weighted by Crippen LogP contribution is 2.29. The smallest absolute Gasteiger partial charge is 0.321 e. The Hall–Kier alpha value is -2.34. The fraction of sp³-hybridized carbons (Fsp3) is 0.333. The molecule has 0 atom stereocenters. The van der Waals surface area contributed by atoms with Gasteiger partial charge in [0.05, 0.1) is 14.2 Å². The summed E-state index contributed by atoms with van der Waals surface area (Å²) in [6, 6.07) is 5.55. The topological polar surface area (TPSA) is 65.5 Å². The van der Waals surface area contributed by atoms with Gasteiger partial charge in [-0.1, -0.05) is 6.92 Å². The standard InChI is InChI=1S/C15H19N3O3/c1-4-16-8-11-9-17-15(18-10-11)21-14-6-12(19-2)5-13(7-14)20-3/h5-7,9-10,16H,4,8H2,1-3H3. The minimum Gasteiger partial charge on any atom is -0.496 e. The van der Waals surface area contributed by atoms with Gasteiger partial charge < -0.3 is 19.5 Å². The van der Waals surface area contributed by atoms with Crippen LogP contribution in [0.25, 0.3) is 0 Å². The van der Waals surface area contributed by atoms with Crippen molar-refractivity contribution in [2.24, 2.45) is 0 Å². The van der Waals surface area contributed by atoms with Crippen LogP contribution in [0.2, 0.25) is 0 Å². The second-order valence-electron chi connectivity index (χ2n) is 4.30. The van der Waals surface area contributed by atoms with Gasteiger partial charge in [-0.25, -0.2) is 9.97 Å². The molecule has 1 aromatic carbocycles. The van der Waals surface area contributed by atoms with Gasteiger partial charge in [-0.2, -0.15) is 0 Å². The van der Waals surface area contributed by atoms with E-state index in [0.717, 1.165) is 18.7 Å². The Balaban J connectivity index is 2.10. The van der Waals surface area contributed by atoms with E-state index < -0.39 is 0 Å². The highest BCUT2D eigenvalue weighted by Gasteiger charge is 2.06. The molecule has 1 aromatic heterocycles. The fourth-order valence-corrected chi connectivity index (χ4v) is 1.70. The number of hydrogen-bond acceptors (Lipinski definition) is 6. The van der Waals surface area contributed by atoms with Gasteiger partial charge in [0.25, 0.3) is 0 Å². The van der Waals surface area contributed by atoms with Crippen molar-refractivity contribution in [2.45, 2.75) is 13.5 Å². The Kier molecular flexibility index (Phi) is 5.34. The van der Waals surface area contributed by atoms with Gasteiger partial charge in [0.1, 0.15) is 17.2 Å². The number of rotatable bonds is 7. The zero-order chi connectivity index (χ0) is 15.1. The Morgan fingerprint density at radius 2 is 1.52 bits per heavy atom. The number of nitrogens with zero attached hydrogens (tertiary/aromatic N) is 2. The molecule has 0 saturated carbocycles. The van der Waals surface area contributed by atoms with Crippen LogP contribution in [0.4, 0.5) is 0 Å². The van der Waals surface area contributed by atoms with Crippen LogP contribution in [0, 0.1) is 0 Å². The molecular weight excluding hydrogens is 270 g/mol. The second kappa shape index (κ2) is 7.44. The SMILES string of the molecule is CCNCc1cnc(Oc2cc(OC)cc(OC)c2)nc1. The minimum atomic E-state index is 0.283. The Labute approximate surface area is 124 Å². The third-order valence-electron chi connectivity index (χ3n) is 2.79. The first-order valence-corrected chi connectivity index (χ1v) is 6.67. The van der Waals surface area contributed by atoms with E-state index in [2.05, 4.69) is 22.2 Å². The van der Waals surface area contributed by atoms with E-state index in [4.69, 9.17) is 14.2 Å². The largest absolute Gasteiger partial charge is 0.496 e. The number of hydrogen-bond donors (Lipinski definition) is 1. The van der Waals surface area contributed by atoms with E-state index >= 15 is 0 Å². The summed E-state index contributed by atoms with van der Waals surface area (Å²) in [5.74, 6) is 1.85. The quantitative estimate of drug-likeness (QED) is 0.844. The van der Waals surface area contributed by atoms with E-state index in [1.54, 1.807) is 44.8 Å². The second-order valence-corrected chi connectivity index (χ2v) is 4.30. The minimum absolute atomic E-state index is 0.283. The molecule has 1 heterocycles. The van der Waals surface area contributed by atoms with Gasteiger partial charge >= 0.3 is 6.01 Å². The van der Waals surface area contributed by atoms with Crippen LogP contribution in [0.15, 0.2) is 30.6 Å². The molecule has 0 aliphatic rings. The molecule has 0 bridgehead atoms. The van der Waals surface area contributed by atoms with Crippen molar-refractivity contribution >= 4 is 0 Å². The normalized spacial score (nSPS) is 10.2. The summed E-state index contributed by atoms with van der Waals surface area (Å²) in [6.07, 6.45) is 3.48. The lowest BCUT2D eigenvalue weighted by atomic mass is 10.3. The van der Waals surface area contributed by atoms with Gasteiger partial charge in [-0.3, -0.25) is 0 Å². The van der Waals surface area contributed by atoms with Crippen LogP contribution in [0.1, 0.15) is 12.5 Å². The number of benzene rings is 1. The van der Waals surface area contributed by atoms with E-state index in [-0.39, 0.29) is 6.01 Å². The average Bonchev–Trinajstić information content (AvgIpc) is 2.53. The molecule has 6 heteroatoms. The molecule has 112 valence electrons. The molecule has 0 amide bonds. The van der Waals surface area contributed by atoms with Crippen LogP contribution in [0.3, 0.4) is 0 Å². The Bertz CT molecular complexity index is 551. The van der Waals surface area contributed by atoms with E-state index in [1.165, 1.54) is 0 Å². The molecule has 0 saturated heterocycles. The maximum Gasteiger partial charge on any atom is 0.321 e. The van der Waals surface area contributed by atoms with E-state index in [1.807, 2.05) is 0 Å². The lowest BCUT2D eigenvalue weighted by Gasteiger charge is -2.09. The predicted octanol–water partition coefficient (Wildman–Crippen LogP) is 2.40. The van der Waals surface area contributed by atoms with Crippen LogP contribution >= 0.6 is 0 Å². The first kappa shape index (κ1) is 15.1. The molecule has 0 radical (unpaired) electrons. The number of nitrogens with one attached hydrogen (secondary N) is 1. The summed E-state index contributed by atoms with van der Waals surface area (Å²) >= 11 is 0. The van der Waals surface area contributed by atoms with Gasteiger partial charge in [0.15, 0.2) is 0 Å². The lowest BCUT2D eigenvalue weighted by Crippen LogP contribution is -2.12. The molecule has 0 fully saturated rings. The van der Waals surface area contributed by atoms with Crippen molar-refractivity contribution in [3.63, 3.8) is 0 Å². The molecule has 0 aliphatic heterocycles. The first-order chi connectivity index (χ1) is 10.2. The van der Waals surface area contributed by atoms with Crippen LogP contribution < -0.4 is 19.5 Å². The van der Waals surface area contributed by atoms with Gasteiger partial charge in [0.2, 0.25) is 0 Å². The van der Waals surface area contributed by atoms with E-state index in [0.29, 0.717) is 17.2 Å². The van der Waals surface area contributed by atoms with Crippen molar-refractivity contribution in [2.75, 3.05) is 20.8 Å². The molecule has 1 N–H and O–H groups in total. The highest BCUT2D eigenvalue weighted by molar-refractivity contribution is 5.42. The van der Waals surface area contributed by atoms with Crippen LogP contribution in [-0.4, -0.2) is 30.7 Å². The van der Waals surface area contributed by atoms with Gasteiger partial charge in [-0.05, 0) is 6.54 Å². The molecule has 2 rings (SSSR count). The van der Waals surface area contributed by atoms with Gasteiger partial charge in [-0.15, -0.1) is 0 Å². The predicted molar refractivity (Wildman–Crippen MR) is 79.0 cm³/mol. The van der Waals surface area contributed by atoms with Crippen LogP contribution in [-0.2, 0) is 6.54 Å². The summed E-state index contributed by atoms with van der Waals surface area (Å²) in [7, 11) is 3.18. The maximum absolute atomic E-state index is 5.62. The van der Waals surface area contributed by atoms with Crippen molar-refractivity contribution in [1.29, 1.82) is 0 Å². The molecule has 0 spiro atoms.